The molecule has 0 bridgehead atoms. The van der Waals surface area contributed by atoms with Gasteiger partial charge in [-0.15, -0.1) is 11.6 Å². The predicted molar refractivity (Wildman–Crippen MR) is 85.3 cm³/mol. The minimum atomic E-state index is -0.0389. The van der Waals surface area contributed by atoms with Crippen molar-refractivity contribution >= 4 is 22.8 Å². The number of nitrogens with zero attached hydrogens (tertiary/aromatic N) is 3. The van der Waals surface area contributed by atoms with Crippen LogP contribution >= 0.6 is 11.6 Å². The van der Waals surface area contributed by atoms with Crippen molar-refractivity contribution in [1.82, 2.24) is 14.5 Å². The topological polar surface area (TPSA) is 30.7 Å². The molecule has 0 atom stereocenters. The van der Waals surface area contributed by atoms with Crippen LogP contribution < -0.4 is 0 Å². The van der Waals surface area contributed by atoms with E-state index in [9.17, 15) is 0 Å². The van der Waals surface area contributed by atoms with Gasteiger partial charge >= 0.3 is 0 Å². The first-order chi connectivity index (χ1) is 9.24. The minimum Gasteiger partial charge on any atom is -0.307 e. The van der Waals surface area contributed by atoms with Crippen molar-refractivity contribution in [2.24, 2.45) is 5.41 Å². The highest BCUT2D eigenvalue weighted by molar-refractivity contribution is 6.17. The molecule has 0 aliphatic carbocycles. The van der Waals surface area contributed by atoms with Gasteiger partial charge < -0.3 is 4.57 Å². The Kier molecular flexibility index (Phi) is 4.10. The Morgan fingerprint density at radius 1 is 1.20 bits per heavy atom. The van der Waals surface area contributed by atoms with Crippen molar-refractivity contribution in [3.63, 3.8) is 0 Å². The van der Waals surface area contributed by atoms with E-state index in [2.05, 4.69) is 44.2 Å². The Bertz CT molecular complexity index is 593. The molecule has 0 aromatic carbocycles. The molecular weight excluding hydrogens is 270 g/mol. The van der Waals surface area contributed by atoms with Crippen LogP contribution in [0.5, 0.6) is 0 Å². The summed E-state index contributed by atoms with van der Waals surface area (Å²) in [6.07, 6.45) is 3.65. The van der Waals surface area contributed by atoms with Crippen LogP contribution in [-0.4, -0.2) is 20.4 Å². The molecule has 0 aliphatic rings. The summed E-state index contributed by atoms with van der Waals surface area (Å²) in [6.45, 7) is 11.3. The standard InChI is InChI=1S/C16H24ClN3/c1-15(2,3)11-16(4,5)20-13(8-9-17)19-12-7-6-10-18-14(12)20/h6-7,10H,8-9,11H2,1-5H3. The first-order valence-corrected chi connectivity index (χ1v) is 7.67. The maximum absolute atomic E-state index is 5.95. The summed E-state index contributed by atoms with van der Waals surface area (Å²) < 4.78 is 2.27. The number of rotatable bonds is 4. The molecule has 0 radical (unpaired) electrons. The fraction of sp³-hybridized carbons (Fsp3) is 0.625. The molecule has 0 saturated carbocycles. The third-order valence-electron chi connectivity index (χ3n) is 3.37. The van der Waals surface area contributed by atoms with Crippen LogP contribution in [0.4, 0.5) is 0 Å². The first kappa shape index (κ1) is 15.3. The highest BCUT2D eigenvalue weighted by Gasteiger charge is 2.31. The normalized spacial score (nSPS) is 13.1. The lowest BCUT2D eigenvalue weighted by atomic mass is 9.81. The Morgan fingerprint density at radius 2 is 1.90 bits per heavy atom. The number of aromatic nitrogens is 3. The van der Waals surface area contributed by atoms with Crippen molar-refractivity contribution in [2.75, 3.05) is 5.88 Å². The third-order valence-corrected chi connectivity index (χ3v) is 3.56. The van der Waals surface area contributed by atoms with Gasteiger partial charge in [-0.3, -0.25) is 0 Å². The Morgan fingerprint density at radius 3 is 2.50 bits per heavy atom. The van der Waals surface area contributed by atoms with Gasteiger partial charge in [-0.2, -0.15) is 0 Å². The number of aryl methyl sites for hydroxylation is 1. The van der Waals surface area contributed by atoms with Gasteiger partial charge in [0.2, 0.25) is 0 Å². The van der Waals surface area contributed by atoms with Gasteiger partial charge in [-0.1, -0.05) is 20.8 Å². The van der Waals surface area contributed by atoms with E-state index in [1.807, 2.05) is 18.3 Å². The zero-order valence-corrected chi connectivity index (χ0v) is 13.8. The quantitative estimate of drug-likeness (QED) is 0.783. The molecule has 2 rings (SSSR count). The van der Waals surface area contributed by atoms with Crippen molar-refractivity contribution in [3.8, 4) is 0 Å². The second-order valence-electron chi connectivity index (χ2n) is 7.20. The van der Waals surface area contributed by atoms with Crippen LogP contribution in [0.1, 0.15) is 46.9 Å². The molecule has 3 nitrogen and oxygen atoms in total. The second-order valence-corrected chi connectivity index (χ2v) is 7.58. The van der Waals surface area contributed by atoms with E-state index < -0.39 is 0 Å². The third kappa shape index (κ3) is 3.14. The summed E-state index contributed by atoms with van der Waals surface area (Å²) in [4.78, 5) is 9.25. The minimum absolute atomic E-state index is 0.0389. The molecule has 0 unspecified atom stereocenters. The van der Waals surface area contributed by atoms with E-state index in [4.69, 9.17) is 16.6 Å². The molecule has 0 saturated heterocycles. The summed E-state index contributed by atoms with van der Waals surface area (Å²) in [7, 11) is 0. The predicted octanol–water partition coefficient (Wildman–Crippen LogP) is 4.38. The van der Waals surface area contributed by atoms with Crippen LogP contribution in [0.15, 0.2) is 18.3 Å². The van der Waals surface area contributed by atoms with E-state index in [-0.39, 0.29) is 11.0 Å². The fourth-order valence-corrected chi connectivity index (χ4v) is 3.39. The Labute approximate surface area is 126 Å². The van der Waals surface area contributed by atoms with E-state index in [0.29, 0.717) is 5.88 Å². The average molecular weight is 294 g/mol. The number of fused-ring (bicyclic) bond motifs is 1. The van der Waals surface area contributed by atoms with E-state index >= 15 is 0 Å². The molecule has 0 N–H and O–H groups in total. The molecule has 0 fully saturated rings. The number of alkyl halides is 1. The van der Waals surface area contributed by atoms with Crippen LogP contribution in [0.25, 0.3) is 11.2 Å². The zero-order chi connectivity index (χ0) is 15.0. The zero-order valence-electron chi connectivity index (χ0n) is 13.1. The van der Waals surface area contributed by atoms with Crippen LogP contribution in [0.2, 0.25) is 0 Å². The summed E-state index contributed by atoms with van der Waals surface area (Å²) in [5, 5.41) is 0. The molecule has 20 heavy (non-hydrogen) atoms. The molecule has 4 heteroatoms. The fourth-order valence-electron chi connectivity index (χ4n) is 3.22. The van der Waals surface area contributed by atoms with E-state index in [0.717, 1.165) is 29.8 Å². The number of pyridine rings is 1. The van der Waals surface area contributed by atoms with Crippen molar-refractivity contribution in [2.45, 2.75) is 53.0 Å². The number of halogens is 1. The lowest BCUT2D eigenvalue weighted by Crippen LogP contribution is -2.33. The maximum atomic E-state index is 5.95. The lowest BCUT2D eigenvalue weighted by Gasteiger charge is -2.35. The van der Waals surface area contributed by atoms with Crippen molar-refractivity contribution in [3.05, 3.63) is 24.2 Å². The molecule has 2 aromatic heterocycles. The summed E-state index contributed by atoms with van der Waals surface area (Å²) in [6, 6.07) is 3.95. The molecule has 0 amide bonds. The van der Waals surface area contributed by atoms with E-state index in [1.165, 1.54) is 0 Å². The number of hydrogen-bond donors (Lipinski definition) is 0. The van der Waals surface area contributed by atoms with Gasteiger partial charge in [-0.05, 0) is 37.8 Å². The number of hydrogen-bond acceptors (Lipinski definition) is 2. The summed E-state index contributed by atoms with van der Waals surface area (Å²) in [5.74, 6) is 1.61. The lowest BCUT2D eigenvalue weighted by molar-refractivity contribution is 0.214. The van der Waals surface area contributed by atoms with Crippen LogP contribution in [-0.2, 0) is 12.0 Å². The number of imidazole rings is 1. The van der Waals surface area contributed by atoms with Crippen LogP contribution in [0.3, 0.4) is 0 Å². The highest BCUT2D eigenvalue weighted by Crippen LogP contribution is 2.35. The molecule has 2 heterocycles. The molecule has 110 valence electrons. The van der Waals surface area contributed by atoms with Gasteiger partial charge in [0.1, 0.15) is 11.3 Å². The van der Waals surface area contributed by atoms with Gasteiger partial charge in [0.25, 0.3) is 0 Å². The highest BCUT2D eigenvalue weighted by atomic mass is 35.5. The van der Waals surface area contributed by atoms with Crippen molar-refractivity contribution in [1.29, 1.82) is 0 Å². The molecule has 0 aliphatic heterocycles. The average Bonchev–Trinajstić information content (AvgIpc) is 2.64. The Hall–Kier alpha value is -1.09. The van der Waals surface area contributed by atoms with Gasteiger partial charge in [0.15, 0.2) is 5.65 Å². The molecule has 2 aromatic rings. The SMILES string of the molecule is CC(C)(C)CC(C)(C)n1c(CCCl)nc2cccnc21. The largest absolute Gasteiger partial charge is 0.307 e. The van der Waals surface area contributed by atoms with Crippen molar-refractivity contribution < 1.29 is 0 Å². The van der Waals surface area contributed by atoms with Gasteiger partial charge in [0, 0.05) is 24.0 Å². The van der Waals surface area contributed by atoms with Gasteiger partial charge in [-0.25, -0.2) is 9.97 Å². The van der Waals surface area contributed by atoms with Gasteiger partial charge in [0.05, 0.1) is 0 Å². The summed E-state index contributed by atoms with van der Waals surface area (Å²) in [5.41, 5.74) is 2.12. The summed E-state index contributed by atoms with van der Waals surface area (Å²) >= 11 is 5.95. The first-order valence-electron chi connectivity index (χ1n) is 7.13. The second kappa shape index (κ2) is 5.36. The van der Waals surface area contributed by atoms with E-state index in [1.54, 1.807) is 0 Å². The molecule has 0 spiro atoms. The maximum Gasteiger partial charge on any atom is 0.160 e. The van der Waals surface area contributed by atoms with Crippen LogP contribution in [0, 0.1) is 5.41 Å². The Balaban J connectivity index is 2.58. The monoisotopic (exact) mass is 293 g/mol. The smallest absolute Gasteiger partial charge is 0.160 e. The molecular formula is C16H24ClN3.